The van der Waals surface area contributed by atoms with Gasteiger partial charge in [-0.15, -0.1) is 0 Å². The Morgan fingerprint density at radius 2 is 1.78 bits per heavy atom. The number of hydrogen-bond acceptors (Lipinski definition) is 3. The van der Waals surface area contributed by atoms with Crippen molar-refractivity contribution in [1.29, 1.82) is 0 Å². The lowest BCUT2D eigenvalue weighted by Gasteiger charge is -2.15. The Labute approximate surface area is 108 Å². The molecule has 0 aliphatic carbocycles. The van der Waals surface area contributed by atoms with Crippen LogP contribution in [0.15, 0.2) is 12.1 Å². The Kier molecular flexibility index (Phi) is 5.01. The summed E-state index contributed by atoms with van der Waals surface area (Å²) in [7, 11) is 3.16. The van der Waals surface area contributed by atoms with Crippen LogP contribution in [0.1, 0.15) is 36.2 Å². The molecule has 0 fully saturated rings. The van der Waals surface area contributed by atoms with Gasteiger partial charge < -0.3 is 14.8 Å². The summed E-state index contributed by atoms with van der Waals surface area (Å²) in [4.78, 5) is 12.0. The molecule has 0 aliphatic rings. The van der Waals surface area contributed by atoms with E-state index in [4.69, 9.17) is 9.47 Å². The second-order valence-corrected chi connectivity index (χ2v) is 4.29. The van der Waals surface area contributed by atoms with E-state index in [-0.39, 0.29) is 11.9 Å². The van der Waals surface area contributed by atoms with E-state index in [0.29, 0.717) is 17.1 Å². The quantitative estimate of drug-likeness (QED) is 0.874. The molecule has 100 valence electrons. The predicted molar refractivity (Wildman–Crippen MR) is 71.5 cm³/mol. The average molecular weight is 251 g/mol. The van der Waals surface area contributed by atoms with Gasteiger partial charge in [0.1, 0.15) is 11.5 Å². The number of hydrogen-bond donors (Lipinski definition) is 1. The third kappa shape index (κ3) is 3.15. The van der Waals surface area contributed by atoms with Crippen LogP contribution in [-0.4, -0.2) is 26.2 Å². The first-order valence-electron chi connectivity index (χ1n) is 6.06. The molecule has 0 spiro atoms. The number of rotatable bonds is 5. The van der Waals surface area contributed by atoms with E-state index in [9.17, 15) is 4.79 Å². The van der Waals surface area contributed by atoms with Crippen LogP contribution in [0.3, 0.4) is 0 Å². The topological polar surface area (TPSA) is 47.6 Å². The Balaban J connectivity index is 3.05. The monoisotopic (exact) mass is 251 g/mol. The molecule has 4 heteroatoms. The first kappa shape index (κ1) is 14.4. The Morgan fingerprint density at radius 3 is 2.17 bits per heavy atom. The molecule has 4 nitrogen and oxygen atoms in total. The zero-order chi connectivity index (χ0) is 13.7. The summed E-state index contributed by atoms with van der Waals surface area (Å²) < 4.78 is 10.5. The van der Waals surface area contributed by atoms with Gasteiger partial charge in [-0.1, -0.05) is 6.92 Å². The molecule has 1 amide bonds. The van der Waals surface area contributed by atoms with Crippen molar-refractivity contribution in [2.75, 3.05) is 14.2 Å². The van der Waals surface area contributed by atoms with Gasteiger partial charge in [-0.05, 0) is 32.4 Å². The minimum atomic E-state index is -0.110. The zero-order valence-corrected chi connectivity index (χ0v) is 11.7. The highest BCUT2D eigenvalue weighted by Gasteiger charge is 2.14. The molecule has 1 rings (SSSR count). The highest BCUT2D eigenvalue weighted by Crippen LogP contribution is 2.29. The van der Waals surface area contributed by atoms with Crippen molar-refractivity contribution in [1.82, 2.24) is 5.32 Å². The molecule has 0 saturated carbocycles. The van der Waals surface area contributed by atoms with Crippen LogP contribution in [0.4, 0.5) is 0 Å². The molecule has 0 unspecified atom stereocenters. The van der Waals surface area contributed by atoms with E-state index in [2.05, 4.69) is 5.32 Å². The Morgan fingerprint density at radius 1 is 1.28 bits per heavy atom. The molecule has 0 radical (unpaired) electrons. The SMILES string of the molecule is CC[C@H](C)NC(=O)c1cc(OC)c(C)c(OC)c1. The second kappa shape index (κ2) is 6.28. The van der Waals surface area contributed by atoms with Crippen molar-refractivity contribution in [2.45, 2.75) is 33.2 Å². The van der Waals surface area contributed by atoms with Crippen molar-refractivity contribution >= 4 is 5.91 Å². The third-order valence-electron chi connectivity index (χ3n) is 3.00. The average Bonchev–Trinajstić information content (AvgIpc) is 2.38. The van der Waals surface area contributed by atoms with Crippen molar-refractivity contribution in [2.24, 2.45) is 0 Å². The van der Waals surface area contributed by atoms with Gasteiger partial charge in [-0.25, -0.2) is 0 Å². The number of amides is 1. The van der Waals surface area contributed by atoms with Crippen LogP contribution in [-0.2, 0) is 0 Å². The summed E-state index contributed by atoms with van der Waals surface area (Å²) in [5.41, 5.74) is 1.44. The van der Waals surface area contributed by atoms with Gasteiger partial charge in [0.25, 0.3) is 5.91 Å². The molecule has 0 aromatic heterocycles. The second-order valence-electron chi connectivity index (χ2n) is 4.29. The minimum absolute atomic E-state index is 0.110. The fourth-order valence-corrected chi connectivity index (χ4v) is 1.63. The van der Waals surface area contributed by atoms with E-state index in [1.165, 1.54) is 0 Å². The molecule has 0 aliphatic heterocycles. The van der Waals surface area contributed by atoms with Gasteiger partial charge in [0.2, 0.25) is 0 Å². The maximum absolute atomic E-state index is 12.0. The summed E-state index contributed by atoms with van der Waals surface area (Å²) in [6.45, 7) is 5.90. The van der Waals surface area contributed by atoms with E-state index in [1.807, 2.05) is 20.8 Å². The number of methoxy groups -OCH3 is 2. The molecule has 1 atom stereocenters. The van der Waals surface area contributed by atoms with Crippen molar-refractivity contribution < 1.29 is 14.3 Å². The van der Waals surface area contributed by atoms with Gasteiger partial charge in [-0.3, -0.25) is 4.79 Å². The highest BCUT2D eigenvalue weighted by atomic mass is 16.5. The third-order valence-corrected chi connectivity index (χ3v) is 3.00. The molecule has 18 heavy (non-hydrogen) atoms. The molecule has 1 aromatic rings. The fourth-order valence-electron chi connectivity index (χ4n) is 1.63. The summed E-state index contributed by atoms with van der Waals surface area (Å²) in [5.74, 6) is 1.20. The van der Waals surface area contributed by atoms with Crippen molar-refractivity contribution in [3.8, 4) is 11.5 Å². The van der Waals surface area contributed by atoms with E-state index >= 15 is 0 Å². The zero-order valence-electron chi connectivity index (χ0n) is 11.7. The van der Waals surface area contributed by atoms with Crippen LogP contribution >= 0.6 is 0 Å². The lowest BCUT2D eigenvalue weighted by Crippen LogP contribution is -2.31. The highest BCUT2D eigenvalue weighted by molar-refractivity contribution is 5.95. The number of nitrogens with one attached hydrogen (secondary N) is 1. The molecular weight excluding hydrogens is 230 g/mol. The van der Waals surface area contributed by atoms with E-state index in [0.717, 1.165) is 12.0 Å². The van der Waals surface area contributed by atoms with Gasteiger partial charge >= 0.3 is 0 Å². The first-order chi connectivity index (χ1) is 8.53. The lowest BCUT2D eigenvalue weighted by atomic mass is 10.1. The molecule has 0 bridgehead atoms. The normalized spacial score (nSPS) is 11.8. The minimum Gasteiger partial charge on any atom is -0.496 e. The maximum Gasteiger partial charge on any atom is 0.251 e. The van der Waals surface area contributed by atoms with Gasteiger partial charge in [0.15, 0.2) is 0 Å². The molecule has 0 heterocycles. The summed E-state index contributed by atoms with van der Waals surface area (Å²) in [6, 6.07) is 3.61. The Bertz CT molecular complexity index is 404. The van der Waals surface area contributed by atoms with E-state index < -0.39 is 0 Å². The maximum atomic E-state index is 12.0. The van der Waals surface area contributed by atoms with Crippen LogP contribution in [0.5, 0.6) is 11.5 Å². The summed E-state index contributed by atoms with van der Waals surface area (Å²) in [6.07, 6.45) is 0.895. The van der Waals surface area contributed by atoms with Crippen LogP contribution < -0.4 is 14.8 Å². The summed E-state index contributed by atoms with van der Waals surface area (Å²) >= 11 is 0. The smallest absolute Gasteiger partial charge is 0.251 e. The molecule has 1 N–H and O–H groups in total. The number of benzene rings is 1. The molecule has 1 aromatic carbocycles. The number of carbonyl (C=O) groups excluding carboxylic acids is 1. The molecular formula is C14H21NO3. The number of carbonyl (C=O) groups is 1. The van der Waals surface area contributed by atoms with Crippen LogP contribution in [0.25, 0.3) is 0 Å². The standard InChI is InChI=1S/C14H21NO3/c1-6-9(2)15-14(16)11-7-12(17-4)10(3)13(8-11)18-5/h7-9H,6H2,1-5H3,(H,15,16)/t9-/m0/s1. The molecule has 0 saturated heterocycles. The summed E-state index contributed by atoms with van der Waals surface area (Å²) in [5, 5.41) is 2.92. The largest absolute Gasteiger partial charge is 0.496 e. The van der Waals surface area contributed by atoms with Gasteiger partial charge in [0.05, 0.1) is 14.2 Å². The number of ether oxygens (including phenoxy) is 2. The van der Waals surface area contributed by atoms with Gasteiger partial charge in [-0.2, -0.15) is 0 Å². The van der Waals surface area contributed by atoms with Crippen LogP contribution in [0.2, 0.25) is 0 Å². The first-order valence-corrected chi connectivity index (χ1v) is 6.06. The van der Waals surface area contributed by atoms with Crippen molar-refractivity contribution in [3.05, 3.63) is 23.3 Å². The Hall–Kier alpha value is -1.71. The lowest BCUT2D eigenvalue weighted by molar-refractivity contribution is 0.0938. The fraction of sp³-hybridized carbons (Fsp3) is 0.500. The van der Waals surface area contributed by atoms with E-state index in [1.54, 1.807) is 26.4 Å². The predicted octanol–water partition coefficient (Wildman–Crippen LogP) is 2.54. The van der Waals surface area contributed by atoms with Crippen molar-refractivity contribution in [3.63, 3.8) is 0 Å². The van der Waals surface area contributed by atoms with Gasteiger partial charge in [0, 0.05) is 17.2 Å². The van der Waals surface area contributed by atoms with Crippen LogP contribution in [0, 0.1) is 6.92 Å².